The van der Waals surface area contributed by atoms with Crippen LogP contribution in [0.2, 0.25) is 0 Å². The molecule has 3 rings (SSSR count). The molecule has 0 amide bonds. The van der Waals surface area contributed by atoms with Crippen molar-refractivity contribution >= 4 is 5.95 Å². The maximum absolute atomic E-state index is 12.6. The molecule has 7 heteroatoms. The highest BCUT2D eigenvalue weighted by Gasteiger charge is 2.20. The van der Waals surface area contributed by atoms with Crippen LogP contribution in [-0.4, -0.2) is 67.5 Å². The average Bonchev–Trinajstić information content (AvgIpc) is 3.09. The van der Waals surface area contributed by atoms with E-state index in [1.165, 1.54) is 0 Å². The van der Waals surface area contributed by atoms with Crippen LogP contribution in [0.1, 0.15) is 18.5 Å². The van der Waals surface area contributed by atoms with Gasteiger partial charge in [0.15, 0.2) is 0 Å². The van der Waals surface area contributed by atoms with Crippen LogP contribution in [0.15, 0.2) is 10.9 Å². The smallest absolute Gasteiger partial charge is 0.255 e. The van der Waals surface area contributed by atoms with Crippen molar-refractivity contribution in [3.05, 3.63) is 22.1 Å². The predicted molar refractivity (Wildman–Crippen MR) is 87.9 cm³/mol. The molecule has 2 aliphatic heterocycles. The number of morpholine rings is 1. The Morgan fingerprint density at radius 3 is 2.61 bits per heavy atom. The van der Waals surface area contributed by atoms with Gasteiger partial charge in [0.1, 0.15) is 0 Å². The largest absolute Gasteiger partial charge is 0.379 e. The van der Waals surface area contributed by atoms with Gasteiger partial charge in [-0.25, -0.2) is 4.98 Å². The quantitative estimate of drug-likeness (QED) is 0.752. The number of methoxy groups -OCH3 is 1. The summed E-state index contributed by atoms with van der Waals surface area (Å²) >= 11 is 0. The zero-order valence-corrected chi connectivity index (χ0v) is 13.9. The Balaban J connectivity index is 1.79. The van der Waals surface area contributed by atoms with Gasteiger partial charge in [0.2, 0.25) is 5.95 Å². The summed E-state index contributed by atoms with van der Waals surface area (Å²) < 4.78 is 12.3. The zero-order chi connectivity index (χ0) is 16.1. The highest BCUT2D eigenvalue weighted by atomic mass is 16.5. The standard InChI is InChI=1S/C16H26N4O3/c1-22-13-14-12-15(21)20(7-6-18-8-10-23-11-9-18)16(17-14)19-4-2-3-5-19/h12H,2-11,13H2,1H3. The Labute approximate surface area is 136 Å². The van der Waals surface area contributed by atoms with E-state index in [1.54, 1.807) is 13.2 Å². The van der Waals surface area contributed by atoms with Gasteiger partial charge in [0, 0.05) is 52.4 Å². The molecule has 0 atom stereocenters. The molecule has 2 aliphatic rings. The molecule has 0 aliphatic carbocycles. The summed E-state index contributed by atoms with van der Waals surface area (Å²) in [5, 5.41) is 0. The van der Waals surface area contributed by atoms with Gasteiger partial charge in [0.05, 0.1) is 25.5 Å². The highest BCUT2D eigenvalue weighted by Crippen LogP contribution is 2.17. The van der Waals surface area contributed by atoms with Crippen molar-refractivity contribution in [3.8, 4) is 0 Å². The summed E-state index contributed by atoms with van der Waals surface area (Å²) in [6.45, 7) is 7.27. The lowest BCUT2D eigenvalue weighted by Gasteiger charge is -2.28. The van der Waals surface area contributed by atoms with E-state index in [4.69, 9.17) is 9.47 Å². The second kappa shape index (κ2) is 7.90. The molecule has 0 aromatic carbocycles. The van der Waals surface area contributed by atoms with Crippen molar-refractivity contribution in [3.63, 3.8) is 0 Å². The third kappa shape index (κ3) is 4.10. The minimum absolute atomic E-state index is 0.0159. The van der Waals surface area contributed by atoms with E-state index in [2.05, 4.69) is 14.8 Å². The van der Waals surface area contributed by atoms with Crippen LogP contribution in [-0.2, 0) is 22.6 Å². The van der Waals surface area contributed by atoms with Gasteiger partial charge in [-0.05, 0) is 12.8 Å². The Morgan fingerprint density at radius 1 is 1.17 bits per heavy atom. The molecule has 0 radical (unpaired) electrons. The number of nitrogens with zero attached hydrogens (tertiary/aromatic N) is 4. The second-order valence-corrected chi connectivity index (χ2v) is 6.12. The Hall–Kier alpha value is -1.44. The third-order valence-electron chi connectivity index (χ3n) is 4.47. The van der Waals surface area contributed by atoms with E-state index in [0.29, 0.717) is 18.8 Å². The number of ether oxygens (including phenoxy) is 2. The SMILES string of the molecule is COCc1cc(=O)n(CCN2CCOCC2)c(N2CCCC2)n1. The van der Waals surface area contributed by atoms with Crippen LogP contribution >= 0.6 is 0 Å². The summed E-state index contributed by atoms with van der Waals surface area (Å²) in [5.74, 6) is 0.801. The fraction of sp³-hybridized carbons (Fsp3) is 0.750. The van der Waals surface area contributed by atoms with E-state index < -0.39 is 0 Å². The first-order valence-corrected chi connectivity index (χ1v) is 8.42. The predicted octanol–water partition coefficient (Wildman–Crippen LogP) is 0.322. The monoisotopic (exact) mass is 322 g/mol. The molecule has 0 N–H and O–H groups in total. The number of anilines is 1. The molecular formula is C16H26N4O3. The van der Waals surface area contributed by atoms with Crippen molar-refractivity contribution in [2.24, 2.45) is 0 Å². The Morgan fingerprint density at radius 2 is 1.91 bits per heavy atom. The second-order valence-electron chi connectivity index (χ2n) is 6.12. The molecule has 2 saturated heterocycles. The van der Waals surface area contributed by atoms with Gasteiger partial charge in [-0.2, -0.15) is 0 Å². The van der Waals surface area contributed by atoms with E-state index in [9.17, 15) is 4.79 Å². The molecule has 0 saturated carbocycles. The molecule has 0 spiro atoms. The Kier molecular flexibility index (Phi) is 5.64. The first-order chi connectivity index (χ1) is 11.3. The van der Waals surface area contributed by atoms with E-state index in [-0.39, 0.29) is 5.56 Å². The maximum atomic E-state index is 12.6. The fourth-order valence-corrected chi connectivity index (χ4v) is 3.20. The molecule has 1 aromatic rings. The number of aromatic nitrogens is 2. The first-order valence-electron chi connectivity index (χ1n) is 8.42. The minimum atomic E-state index is 0.0159. The van der Waals surface area contributed by atoms with Crippen molar-refractivity contribution in [1.29, 1.82) is 0 Å². The molecular weight excluding hydrogens is 296 g/mol. The van der Waals surface area contributed by atoms with Crippen LogP contribution in [0.5, 0.6) is 0 Å². The number of hydrogen-bond donors (Lipinski definition) is 0. The van der Waals surface area contributed by atoms with Crippen LogP contribution < -0.4 is 10.5 Å². The van der Waals surface area contributed by atoms with Crippen LogP contribution in [0, 0.1) is 0 Å². The summed E-state index contributed by atoms with van der Waals surface area (Å²) in [4.78, 5) is 21.8. The molecule has 7 nitrogen and oxygen atoms in total. The lowest BCUT2D eigenvalue weighted by atomic mass is 10.4. The van der Waals surface area contributed by atoms with Crippen LogP contribution in [0.3, 0.4) is 0 Å². The first kappa shape index (κ1) is 16.4. The number of rotatable bonds is 6. The van der Waals surface area contributed by atoms with Gasteiger partial charge in [-0.15, -0.1) is 0 Å². The van der Waals surface area contributed by atoms with Crippen LogP contribution in [0.25, 0.3) is 0 Å². The highest BCUT2D eigenvalue weighted by molar-refractivity contribution is 5.33. The molecule has 0 unspecified atom stereocenters. The molecule has 2 fully saturated rings. The van der Waals surface area contributed by atoms with E-state index in [1.807, 2.05) is 4.57 Å². The van der Waals surface area contributed by atoms with E-state index in [0.717, 1.165) is 64.7 Å². The van der Waals surface area contributed by atoms with Crippen molar-refractivity contribution in [2.75, 3.05) is 57.9 Å². The summed E-state index contributed by atoms with van der Waals surface area (Å²) in [6, 6.07) is 1.60. The number of hydrogen-bond acceptors (Lipinski definition) is 6. The van der Waals surface area contributed by atoms with Gasteiger partial charge in [0.25, 0.3) is 5.56 Å². The molecule has 23 heavy (non-hydrogen) atoms. The fourth-order valence-electron chi connectivity index (χ4n) is 3.20. The lowest BCUT2D eigenvalue weighted by Crippen LogP contribution is -2.40. The molecule has 128 valence electrons. The average molecular weight is 322 g/mol. The molecule has 3 heterocycles. The zero-order valence-electron chi connectivity index (χ0n) is 13.9. The lowest BCUT2D eigenvalue weighted by molar-refractivity contribution is 0.0363. The summed E-state index contributed by atoms with van der Waals surface area (Å²) in [5.41, 5.74) is 0.726. The van der Waals surface area contributed by atoms with Gasteiger partial charge in [-0.3, -0.25) is 14.3 Å². The normalized spacial score (nSPS) is 19.4. The maximum Gasteiger partial charge on any atom is 0.255 e. The molecule has 0 bridgehead atoms. The van der Waals surface area contributed by atoms with Gasteiger partial charge in [-0.1, -0.05) is 0 Å². The minimum Gasteiger partial charge on any atom is -0.379 e. The van der Waals surface area contributed by atoms with Crippen molar-refractivity contribution in [1.82, 2.24) is 14.5 Å². The summed E-state index contributed by atoms with van der Waals surface area (Å²) in [7, 11) is 1.63. The topological polar surface area (TPSA) is 59.8 Å². The van der Waals surface area contributed by atoms with Crippen LogP contribution in [0.4, 0.5) is 5.95 Å². The summed E-state index contributed by atoms with van der Waals surface area (Å²) in [6.07, 6.45) is 2.32. The Bertz CT molecular complexity index is 563. The van der Waals surface area contributed by atoms with E-state index >= 15 is 0 Å². The van der Waals surface area contributed by atoms with Crippen molar-refractivity contribution < 1.29 is 9.47 Å². The van der Waals surface area contributed by atoms with Gasteiger partial charge < -0.3 is 14.4 Å². The van der Waals surface area contributed by atoms with Gasteiger partial charge >= 0.3 is 0 Å². The molecule has 1 aromatic heterocycles. The van der Waals surface area contributed by atoms with Crippen molar-refractivity contribution in [2.45, 2.75) is 26.0 Å². The third-order valence-corrected chi connectivity index (χ3v) is 4.47.